The molecule has 0 saturated carbocycles. The predicted octanol–water partition coefficient (Wildman–Crippen LogP) is 5.06. The van der Waals surface area contributed by atoms with Crippen LogP contribution in [-0.4, -0.2) is 9.97 Å². The van der Waals surface area contributed by atoms with Gasteiger partial charge in [-0.15, -0.1) is 0 Å². The molecule has 0 atom stereocenters. The molecule has 0 bridgehead atoms. The molecule has 2 rings (SSSR count). The molecular formula is C16H18ClFN2. The van der Waals surface area contributed by atoms with E-state index in [0.717, 1.165) is 11.1 Å². The van der Waals surface area contributed by atoms with Crippen LogP contribution in [0.4, 0.5) is 4.39 Å². The molecule has 0 aromatic carbocycles. The highest BCUT2D eigenvalue weighted by Gasteiger charge is 2.13. The van der Waals surface area contributed by atoms with Crippen molar-refractivity contribution in [3.05, 3.63) is 64.5 Å². The summed E-state index contributed by atoms with van der Waals surface area (Å²) < 4.78 is 13.8. The van der Waals surface area contributed by atoms with Crippen molar-refractivity contribution in [3.8, 4) is 0 Å². The number of aryl methyl sites for hydroxylation is 1. The summed E-state index contributed by atoms with van der Waals surface area (Å²) in [6.07, 6.45) is 4.57. The number of aromatic nitrogens is 2. The van der Waals surface area contributed by atoms with E-state index in [0.29, 0.717) is 16.4 Å². The molecule has 106 valence electrons. The number of hydrogen-bond donors (Lipinski definition) is 0. The molecule has 0 radical (unpaired) electrons. The highest BCUT2D eigenvalue weighted by molar-refractivity contribution is 6.29. The summed E-state index contributed by atoms with van der Waals surface area (Å²) in [6.45, 7) is 7.76. The Bertz CT molecular complexity index is 609. The molecule has 2 aromatic rings. The largest absolute Gasteiger partial charge is 0.262 e. The average Bonchev–Trinajstić information content (AvgIpc) is 2.47. The summed E-state index contributed by atoms with van der Waals surface area (Å²) >= 11 is 5.90. The number of halogens is 2. The summed E-state index contributed by atoms with van der Waals surface area (Å²) in [4.78, 5) is 8.02. The van der Waals surface area contributed by atoms with E-state index < -0.39 is 0 Å². The maximum atomic E-state index is 13.8. The van der Waals surface area contributed by atoms with E-state index in [1.165, 1.54) is 6.20 Å². The van der Waals surface area contributed by atoms with Crippen LogP contribution in [0.25, 0.3) is 5.57 Å². The second-order valence-electron chi connectivity index (χ2n) is 3.86. The topological polar surface area (TPSA) is 25.8 Å². The fraction of sp³-hybridized carbons (Fsp3) is 0.250. The molecule has 2 heterocycles. The van der Waals surface area contributed by atoms with Gasteiger partial charge < -0.3 is 0 Å². The van der Waals surface area contributed by atoms with E-state index >= 15 is 0 Å². The Balaban J connectivity index is 0.000000956. The molecule has 0 aliphatic carbocycles. The lowest BCUT2D eigenvalue weighted by Crippen LogP contribution is -1.98. The Morgan fingerprint density at radius 2 is 1.95 bits per heavy atom. The zero-order valence-corrected chi connectivity index (χ0v) is 12.9. The second-order valence-corrected chi connectivity index (χ2v) is 4.24. The van der Waals surface area contributed by atoms with Crippen molar-refractivity contribution in [1.82, 2.24) is 9.97 Å². The van der Waals surface area contributed by atoms with E-state index in [1.54, 1.807) is 18.3 Å². The Morgan fingerprint density at radius 3 is 2.55 bits per heavy atom. The smallest absolute Gasteiger partial charge is 0.149 e. The normalized spacial score (nSPS) is 10.8. The lowest BCUT2D eigenvalue weighted by Gasteiger charge is -2.10. The molecule has 0 spiro atoms. The third-order valence-electron chi connectivity index (χ3n) is 2.67. The van der Waals surface area contributed by atoms with Gasteiger partial charge in [-0.2, -0.15) is 0 Å². The summed E-state index contributed by atoms with van der Waals surface area (Å²) in [5.41, 5.74) is 2.83. The van der Waals surface area contributed by atoms with Crippen LogP contribution >= 0.6 is 11.6 Å². The highest BCUT2D eigenvalue weighted by atomic mass is 35.5. The van der Waals surface area contributed by atoms with Crippen LogP contribution in [0.2, 0.25) is 5.15 Å². The molecule has 0 amide bonds. The van der Waals surface area contributed by atoms with Gasteiger partial charge in [-0.25, -0.2) is 9.37 Å². The molecule has 2 aromatic heterocycles. The SMILES string of the molecule is C/C=C(/c1ccncc1F)c1nc(Cl)ccc1C.CC. The van der Waals surface area contributed by atoms with Gasteiger partial charge in [-0.3, -0.25) is 4.98 Å². The van der Waals surface area contributed by atoms with Crippen molar-refractivity contribution in [2.24, 2.45) is 0 Å². The minimum Gasteiger partial charge on any atom is -0.262 e. The fourth-order valence-corrected chi connectivity index (χ4v) is 1.94. The summed E-state index contributed by atoms with van der Waals surface area (Å²) in [5, 5.41) is 0.393. The molecule has 0 unspecified atom stereocenters. The number of allylic oxidation sites excluding steroid dienone is 1. The van der Waals surface area contributed by atoms with Crippen molar-refractivity contribution in [1.29, 1.82) is 0 Å². The first kappa shape index (κ1) is 16.3. The molecule has 0 aliphatic heterocycles. The predicted molar refractivity (Wildman–Crippen MR) is 82.3 cm³/mol. The number of hydrogen-bond acceptors (Lipinski definition) is 2. The van der Waals surface area contributed by atoms with Gasteiger partial charge in [-0.05, 0) is 31.5 Å². The Labute approximate surface area is 124 Å². The summed E-state index contributed by atoms with van der Waals surface area (Å²) in [6, 6.07) is 5.22. The van der Waals surface area contributed by atoms with Gasteiger partial charge in [0.1, 0.15) is 11.0 Å². The number of nitrogens with zero attached hydrogens (tertiary/aromatic N) is 2. The van der Waals surface area contributed by atoms with Gasteiger partial charge in [0, 0.05) is 17.3 Å². The first-order chi connectivity index (χ1) is 9.63. The van der Waals surface area contributed by atoms with Gasteiger partial charge >= 0.3 is 0 Å². The van der Waals surface area contributed by atoms with Crippen LogP contribution < -0.4 is 0 Å². The molecule has 0 N–H and O–H groups in total. The molecule has 2 nitrogen and oxygen atoms in total. The maximum absolute atomic E-state index is 13.8. The Morgan fingerprint density at radius 1 is 1.25 bits per heavy atom. The molecule has 0 saturated heterocycles. The third kappa shape index (κ3) is 3.64. The van der Waals surface area contributed by atoms with Crippen molar-refractivity contribution < 1.29 is 4.39 Å². The lowest BCUT2D eigenvalue weighted by atomic mass is 9.99. The Hall–Kier alpha value is -1.74. The molecule has 4 heteroatoms. The van der Waals surface area contributed by atoms with E-state index in [9.17, 15) is 4.39 Å². The lowest BCUT2D eigenvalue weighted by molar-refractivity contribution is 0.617. The van der Waals surface area contributed by atoms with Gasteiger partial charge in [-0.1, -0.05) is 37.6 Å². The van der Waals surface area contributed by atoms with Crippen LogP contribution in [0.5, 0.6) is 0 Å². The van der Waals surface area contributed by atoms with Crippen molar-refractivity contribution in [2.75, 3.05) is 0 Å². The summed E-state index contributed by atoms with van der Waals surface area (Å²) in [7, 11) is 0. The van der Waals surface area contributed by atoms with Gasteiger partial charge in [0.05, 0.1) is 11.9 Å². The van der Waals surface area contributed by atoms with Crippen LogP contribution in [-0.2, 0) is 0 Å². The minimum absolute atomic E-state index is 0.369. The maximum Gasteiger partial charge on any atom is 0.149 e. The third-order valence-corrected chi connectivity index (χ3v) is 2.88. The summed E-state index contributed by atoms with van der Waals surface area (Å²) in [5.74, 6) is -0.369. The van der Waals surface area contributed by atoms with Crippen LogP contribution in [0.15, 0.2) is 36.7 Å². The van der Waals surface area contributed by atoms with Crippen molar-refractivity contribution >= 4 is 17.2 Å². The van der Waals surface area contributed by atoms with E-state index in [1.807, 2.05) is 39.8 Å². The Kier molecular flexibility index (Phi) is 6.32. The molecule has 20 heavy (non-hydrogen) atoms. The molecule has 0 aliphatic rings. The van der Waals surface area contributed by atoms with Crippen molar-refractivity contribution in [3.63, 3.8) is 0 Å². The quantitative estimate of drug-likeness (QED) is 0.723. The fourth-order valence-electron chi connectivity index (χ4n) is 1.79. The zero-order valence-electron chi connectivity index (χ0n) is 12.1. The van der Waals surface area contributed by atoms with Gasteiger partial charge in [0.25, 0.3) is 0 Å². The molecular weight excluding hydrogens is 275 g/mol. The van der Waals surface area contributed by atoms with Crippen LogP contribution in [0, 0.1) is 12.7 Å². The first-order valence-electron chi connectivity index (χ1n) is 6.53. The first-order valence-corrected chi connectivity index (χ1v) is 6.91. The highest BCUT2D eigenvalue weighted by Crippen LogP contribution is 2.27. The van der Waals surface area contributed by atoms with E-state index in [2.05, 4.69) is 9.97 Å². The van der Waals surface area contributed by atoms with Gasteiger partial charge in [0.2, 0.25) is 0 Å². The van der Waals surface area contributed by atoms with Crippen LogP contribution in [0.3, 0.4) is 0 Å². The second kappa shape index (κ2) is 7.75. The number of pyridine rings is 2. The van der Waals surface area contributed by atoms with Crippen molar-refractivity contribution in [2.45, 2.75) is 27.7 Å². The van der Waals surface area contributed by atoms with Crippen LogP contribution in [0.1, 0.15) is 37.6 Å². The molecule has 0 fully saturated rings. The standard InChI is InChI=1S/C14H12ClFN2.C2H6/c1-3-10(11-6-7-17-8-12(11)16)14-9(2)4-5-13(15)18-14;1-2/h3-8H,1-2H3;1-2H3/b10-3-;. The monoisotopic (exact) mass is 292 g/mol. The van der Waals surface area contributed by atoms with E-state index in [4.69, 9.17) is 11.6 Å². The zero-order chi connectivity index (χ0) is 15.1. The van der Waals surface area contributed by atoms with E-state index in [-0.39, 0.29) is 5.82 Å². The number of rotatable bonds is 2. The average molecular weight is 293 g/mol. The van der Waals surface area contributed by atoms with Gasteiger partial charge in [0.15, 0.2) is 0 Å². The minimum atomic E-state index is -0.369.